The molecule has 0 aliphatic carbocycles. The van der Waals surface area contributed by atoms with Crippen LogP contribution in [0.4, 0.5) is 5.69 Å². The van der Waals surface area contributed by atoms with Crippen LogP contribution in [0, 0.1) is 0 Å². The molecule has 5 nitrogen and oxygen atoms in total. The van der Waals surface area contributed by atoms with Crippen molar-refractivity contribution in [2.24, 2.45) is 0 Å². The molecule has 6 heteroatoms. The standard InChI is InChI=1S/C10H15NO4Si/c1-13-16(14-2,15-3)10-6-4-9(5-7-10)11-8-12/h4-8H,1-3H3,(H,11,12). The minimum Gasteiger partial charge on any atom is -0.373 e. The lowest BCUT2D eigenvalue weighted by atomic mass is 10.3. The SMILES string of the molecule is CO[Si](OC)(OC)c1ccc(NC=O)cc1. The van der Waals surface area contributed by atoms with Gasteiger partial charge in [0.2, 0.25) is 6.41 Å². The molecule has 88 valence electrons. The van der Waals surface area contributed by atoms with Gasteiger partial charge in [0.1, 0.15) is 0 Å². The van der Waals surface area contributed by atoms with Crippen LogP contribution in [0.3, 0.4) is 0 Å². The molecule has 0 saturated carbocycles. The van der Waals surface area contributed by atoms with Gasteiger partial charge >= 0.3 is 8.80 Å². The second-order valence-corrected chi connectivity index (χ2v) is 5.92. The highest BCUT2D eigenvalue weighted by molar-refractivity contribution is 6.75. The molecular formula is C10H15NO4Si. The minimum atomic E-state index is -2.76. The Morgan fingerprint density at radius 3 is 1.94 bits per heavy atom. The van der Waals surface area contributed by atoms with Gasteiger partial charge in [-0.3, -0.25) is 4.79 Å². The third-order valence-electron chi connectivity index (χ3n) is 2.27. The van der Waals surface area contributed by atoms with Crippen LogP contribution in [0.1, 0.15) is 0 Å². The van der Waals surface area contributed by atoms with E-state index in [4.69, 9.17) is 13.3 Å². The molecule has 1 amide bonds. The van der Waals surface area contributed by atoms with Gasteiger partial charge in [0.15, 0.2) is 0 Å². The Bertz CT molecular complexity index is 329. The third-order valence-corrected chi connectivity index (χ3v) is 4.92. The summed E-state index contributed by atoms with van der Waals surface area (Å²) in [5.41, 5.74) is 0.713. The highest BCUT2D eigenvalue weighted by Crippen LogP contribution is 2.10. The molecule has 0 aliphatic rings. The predicted octanol–water partition coefficient (Wildman–Crippen LogP) is 0.340. The smallest absolute Gasteiger partial charge is 0.373 e. The molecule has 0 spiro atoms. The summed E-state index contributed by atoms with van der Waals surface area (Å²) in [6.45, 7) is 0. The van der Waals surface area contributed by atoms with Gasteiger partial charge in [-0.15, -0.1) is 0 Å². The summed E-state index contributed by atoms with van der Waals surface area (Å²) in [7, 11) is 1.90. The van der Waals surface area contributed by atoms with E-state index in [1.807, 2.05) is 12.1 Å². The number of rotatable bonds is 6. The summed E-state index contributed by atoms with van der Waals surface area (Å²) in [4.78, 5) is 10.2. The fraction of sp³-hybridized carbons (Fsp3) is 0.300. The average molecular weight is 241 g/mol. The zero-order valence-electron chi connectivity index (χ0n) is 9.52. The maximum atomic E-state index is 10.2. The first-order chi connectivity index (χ1) is 7.72. The molecule has 0 radical (unpaired) electrons. The molecule has 16 heavy (non-hydrogen) atoms. The van der Waals surface area contributed by atoms with E-state index in [2.05, 4.69) is 5.32 Å². The Morgan fingerprint density at radius 2 is 1.56 bits per heavy atom. The number of amides is 1. The summed E-state index contributed by atoms with van der Waals surface area (Å²) < 4.78 is 16.0. The van der Waals surface area contributed by atoms with E-state index in [0.717, 1.165) is 5.19 Å². The largest absolute Gasteiger partial charge is 0.536 e. The van der Waals surface area contributed by atoms with Crippen LogP contribution >= 0.6 is 0 Å². The van der Waals surface area contributed by atoms with E-state index >= 15 is 0 Å². The first-order valence-corrected chi connectivity index (χ1v) is 6.41. The fourth-order valence-electron chi connectivity index (χ4n) is 1.44. The molecular weight excluding hydrogens is 226 g/mol. The van der Waals surface area contributed by atoms with Gasteiger partial charge in [-0.2, -0.15) is 0 Å². The van der Waals surface area contributed by atoms with Crippen LogP contribution in [0.15, 0.2) is 24.3 Å². The zero-order valence-corrected chi connectivity index (χ0v) is 10.5. The third kappa shape index (κ3) is 2.48. The number of anilines is 1. The minimum absolute atomic E-state index is 0.628. The quantitative estimate of drug-likeness (QED) is 0.576. The van der Waals surface area contributed by atoms with Crippen molar-refractivity contribution in [3.63, 3.8) is 0 Å². The van der Waals surface area contributed by atoms with E-state index in [0.29, 0.717) is 12.1 Å². The van der Waals surface area contributed by atoms with Crippen molar-refractivity contribution >= 4 is 26.1 Å². The monoisotopic (exact) mass is 241 g/mol. The predicted molar refractivity (Wildman–Crippen MR) is 62.5 cm³/mol. The Labute approximate surface area is 95.7 Å². The number of carbonyl (C=O) groups excluding carboxylic acids is 1. The molecule has 0 saturated heterocycles. The lowest BCUT2D eigenvalue weighted by molar-refractivity contribution is -0.105. The topological polar surface area (TPSA) is 56.8 Å². The number of carbonyl (C=O) groups is 1. The van der Waals surface area contributed by atoms with E-state index < -0.39 is 8.80 Å². The molecule has 1 N–H and O–H groups in total. The second-order valence-electron chi connectivity index (χ2n) is 3.01. The maximum Gasteiger partial charge on any atom is 0.536 e. The van der Waals surface area contributed by atoms with Crippen molar-refractivity contribution < 1.29 is 18.1 Å². The summed E-state index contributed by atoms with van der Waals surface area (Å²) in [5.74, 6) is 0. The van der Waals surface area contributed by atoms with Crippen LogP contribution < -0.4 is 10.5 Å². The number of nitrogens with one attached hydrogen (secondary N) is 1. The molecule has 0 aliphatic heterocycles. The highest BCUT2D eigenvalue weighted by atomic mass is 28.4. The Balaban J connectivity index is 2.98. The molecule has 0 heterocycles. The normalized spacial score (nSPS) is 11.2. The Hall–Kier alpha value is -1.21. The van der Waals surface area contributed by atoms with Crippen LogP contribution in [-0.2, 0) is 18.1 Å². The van der Waals surface area contributed by atoms with Crippen LogP contribution in [-0.4, -0.2) is 36.5 Å². The van der Waals surface area contributed by atoms with Crippen molar-refractivity contribution in [1.82, 2.24) is 0 Å². The summed E-state index contributed by atoms with van der Waals surface area (Å²) in [5, 5.41) is 3.40. The van der Waals surface area contributed by atoms with E-state index in [1.165, 1.54) is 0 Å². The molecule has 0 unspecified atom stereocenters. The molecule has 0 aromatic heterocycles. The van der Waals surface area contributed by atoms with Crippen molar-refractivity contribution in [2.75, 3.05) is 26.6 Å². The summed E-state index contributed by atoms with van der Waals surface area (Å²) in [6.07, 6.45) is 0.628. The fourth-order valence-corrected chi connectivity index (χ4v) is 3.22. The van der Waals surface area contributed by atoms with Crippen molar-refractivity contribution in [1.29, 1.82) is 0 Å². The molecule has 0 atom stereocenters. The summed E-state index contributed by atoms with van der Waals surface area (Å²) >= 11 is 0. The van der Waals surface area contributed by atoms with Crippen molar-refractivity contribution in [2.45, 2.75) is 0 Å². The van der Waals surface area contributed by atoms with E-state index in [1.54, 1.807) is 33.5 Å². The first kappa shape index (κ1) is 12.9. The van der Waals surface area contributed by atoms with Crippen LogP contribution in [0.2, 0.25) is 0 Å². The number of hydrogen-bond donors (Lipinski definition) is 1. The number of hydrogen-bond acceptors (Lipinski definition) is 4. The highest BCUT2D eigenvalue weighted by Gasteiger charge is 2.40. The van der Waals surface area contributed by atoms with Crippen LogP contribution in [0.5, 0.6) is 0 Å². The van der Waals surface area contributed by atoms with Gasteiger partial charge in [0, 0.05) is 32.2 Å². The number of benzene rings is 1. The first-order valence-electron chi connectivity index (χ1n) is 4.68. The molecule has 0 fully saturated rings. The second kappa shape index (κ2) is 5.76. The molecule has 0 bridgehead atoms. The van der Waals surface area contributed by atoms with Crippen molar-refractivity contribution in [3.8, 4) is 0 Å². The molecule has 1 aromatic carbocycles. The van der Waals surface area contributed by atoms with E-state index in [-0.39, 0.29) is 0 Å². The zero-order chi connectivity index (χ0) is 12.0. The van der Waals surface area contributed by atoms with Gasteiger partial charge in [0.05, 0.1) is 0 Å². The van der Waals surface area contributed by atoms with Gasteiger partial charge in [-0.1, -0.05) is 12.1 Å². The van der Waals surface area contributed by atoms with Crippen LogP contribution in [0.25, 0.3) is 0 Å². The van der Waals surface area contributed by atoms with E-state index in [9.17, 15) is 4.79 Å². The lowest BCUT2D eigenvalue weighted by Gasteiger charge is -2.24. The Kier molecular flexibility index (Phi) is 4.63. The maximum absolute atomic E-state index is 10.2. The van der Waals surface area contributed by atoms with Gasteiger partial charge < -0.3 is 18.6 Å². The summed E-state index contributed by atoms with van der Waals surface area (Å²) in [6, 6.07) is 7.16. The Morgan fingerprint density at radius 1 is 1.06 bits per heavy atom. The van der Waals surface area contributed by atoms with Gasteiger partial charge in [-0.05, 0) is 12.1 Å². The molecule has 1 aromatic rings. The molecule has 1 rings (SSSR count). The van der Waals surface area contributed by atoms with Crippen molar-refractivity contribution in [3.05, 3.63) is 24.3 Å². The van der Waals surface area contributed by atoms with Gasteiger partial charge in [0.25, 0.3) is 0 Å². The lowest BCUT2D eigenvalue weighted by Crippen LogP contribution is -2.54. The van der Waals surface area contributed by atoms with Gasteiger partial charge in [-0.25, -0.2) is 0 Å². The average Bonchev–Trinajstić information content (AvgIpc) is 2.34.